The third-order valence-corrected chi connectivity index (χ3v) is 3.77. The number of hydrogen-bond donors (Lipinski definition) is 1. The minimum Gasteiger partial charge on any atom is -0.333 e. The quantitative estimate of drug-likeness (QED) is 0.796. The predicted octanol–water partition coefficient (Wildman–Crippen LogP) is 3.70. The van der Waals surface area contributed by atoms with Gasteiger partial charge in [-0.15, -0.1) is 0 Å². The molecule has 1 atom stereocenters. The van der Waals surface area contributed by atoms with Crippen LogP contribution in [0.5, 0.6) is 0 Å². The summed E-state index contributed by atoms with van der Waals surface area (Å²) in [6, 6.07) is 8.16. The van der Waals surface area contributed by atoms with E-state index in [1.54, 1.807) is 0 Å². The van der Waals surface area contributed by atoms with Crippen molar-refractivity contribution in [2.45, 2.75) is 25.4 Å². The maximum Gasteiger partial charge on any atom is 0.166 e. The fourth-order valence-corrected chi connectivity index (χ4v) is 2.36. The van der Waals surface area contributed by atoms with Crippen molar-refractivity contribution in [2.75, 3.05) is 5.75 Å². The Labute approximate surface area is 94.5 Å². The molecule has 15 heavy (non-hydrogen) atoms. The van der Waals surface area contributed by atoms with Crippen molar-refractivity contribution in [3.8, 4) is 0 Å². The molecule has 0 fully saturated rings. The Kier molecular flexibility index (Phi) is 3.31. The second-order valence-corrected chi connectivity index (χ2v) is 4.89. The standard InChI is InChI=1S/C12H16N2S/c1-3-9(2)8-15-12-13-10-6-4-5-7-11(10)14-12/h4-7,9H,3,8H2,1-2H3,(H,13,14)/t9-/m1/s1. The second kappa shape index (κ2) is 4.71. The molecule has 0 aliphatic heterocycles. The zero-order valence-corrected chi connectivity index (χ0v) is 9.97. The zero-order chi connectivity index (χ0) is 10.7. The lowest BCUT2D eigenvalue weighted by atomic mass is 10.2. The number of nitrogens with zero attached hydrogens (tertiary/aromatic N) is 1. The number of fused-ring (bicyclic) bond motifs is 1. The third-order valence-electron chi connectivity index (χ3n) is 2.57. The average Bonchev–Trinajstić information content (AvgIpc) is 2.68. The van der Waals surface area contributed by atoms with Crippen LogP contribution in [-0.4, -0.2) is 15.7 Å². The Morgan fingerprint density at radius 2 is 2.20 bits per heavy atom. The van der Waals surface area contributed by atoms with Gasteiger partial charge in [-0.3, -0.25) is 0 Å². The predicted molar refractivity (Wildman–Crippen MR) is 66.3 cm³/mol. The molecule has 0 unspecified atom stereocenters. The summed E-state index contributed by atoms with van der Waals surface area (Å²) in [6.07, 6.45) is 1.23. The highest BCUT2D eigenvalue weighted by molar-refractivity contribution is 7.99. The van der Waals surface area contributed by atoms with Gasteiger partial charge < -0.3 is 4.98 Å². The number of aromatic amines is 1. The molecule has 3 heteroatoms. The molecule has 1 N–H and O–H groups in total. The van der Waals surface area contributed by atoms with Gasteiger partial charge in [-0.25, -0.2) is 4.98 Å². The number of benzene rings is 1. The molecular weight excluding hydrogens is 204 g/mol. The number of aromatic nitrogens is 2. The maximum atomic E-state index is 4.53. The third kappa shape index (κ3) is 2.53. The number of para-hydroxylation sites is 2. The molecule has 0 aliphatic carbocycles. The van der Waals surface area contributed by atoms with Gasteiger partial charge in [0.15, 0.2) is 5.16 Å². The average molecular weight is 220 g/mol. The van der Waals surface area contributed by atoms with E-state index in [0.29, 0.717) is 0 Å². The highest BCUT2D eigenvalue weighted by atomic mass is 32.2. The van der Waals surface area contributed by atoms with Gasteiger partial charge in [-0.05, 0) is 18.1 Å². The molecule has 1 heterocycles. The van der Waals surface area contributed by atoms with Gasteiger partial charge >= 0.3 is 0 Å². The van der Waals surface area contributed by atoms with E-state index in [1.807, 2.05) is 30.0 Å². The second-order valence-electron chi connectivity index (χ2n) is 3.88. The Morgan fingerprint density at radius 1 is 1.40 bits per heavy atom. The summed E-state index contributed by atoms with van der Waals surface area (Å²) in [6.45, 7) is 4.50. The normalized spacial score (nSPS) is 13.2. The number of imidazole rings is 1. The van der Waals surface area contributed by atoms with E-state index in [2.05, 4.69) is 29.9 Å². The van der Waals surface area contributed by atoms with Gasteiger partial charge in [0.2, 0.25) is 0 Å². The molecule has 0 amide bonds. The minimum absolute atomic E-state index is 0.753. The van der Waals surface area contributed by atoms with Crippen molar-refractivity contribution in [2.24, 2.45) is 5.92 Å². The van der Waals surface area contributed by atoms with Gasteiger partial charge in [-0.2, -0.15) is 0 Å². The number of hydrogen-bond acceptors (Lipinski definition) is 2. The van der Waals surface area contributed by atoms with Gasteiger partial charge in [0, 0.05) is 5.75 Å². The maximum absolute atomic E-state index is 4.53. The summed E-state index contributed by atoms with van der Waals surface area (Å²) < 4.78 is 0. The summed E-state index contributed by atoms with van der Waals surface area (Å²) in [7, 11) is 0. The molecule has 0 aliphatic rings. The van der Waals surface area contributed by atoms with Crippen molar-refractivity contribution in [1.29, 1.82) is 0 Å². The molecule has 2 nitrogen and oxygen atoms in total. The van der Waals surface area contributed by atoms with Crippen LogP contribution in [0.1, 0.15) is 20.3 Å². The van der Waals surface area contributed by atoms with Crippen LogP contribution in [-0.2, 0) is 0 Å². The topological polar surface area (TPSA) is 28.7 Å². The van der Waals surface area contributed by atoms with Gasteiger partial charge in [0.25, 0.3) is 0 Å². The summed E-state index contributed by atoms with van der Waals surface area (Å²) >= 11 is 1.81. The van der Waals surface area contributed by atoms with Crippen LogP contribution in [0, 0.1) is 5.92 Å². The van der Waals surface area contributed by atoms with E-state index in [0.717, 1.165) is 27.9 Å². The number of H-pyrrole nitrogens is 1. The fourth-order valence-electron chi connectivity index (χ4n) is 1.34. The van der Waals surface area contributed by atoms with Crippen LogP contribution >= 0.6 is 11.8 Å². The first-order valence-electron chi connectivity index (χ1n) is 5.37. The van der Waals surface area contributed by atoms with E-state index in [1.165, 1.54) is 6.42 Å². The van der Waals surface area contributed by atoms with Crippen molar-refractivity contribution in [3.05, 3.63) is 24.3 Å². The van der Waals surface area contributed by atoms with E-state index >= 15 is 0 Å². The van der Waals surface area contributed by atoms with E-state index in [4.69, 9.17) is 0 Å². The molecule has 1 aromatic carbocycles. The van der Waals surface area contributed by atoms with Crippen molar-refractivity contribution >= 4 is 22.8 Å². The first kappa shape index (κ1) is 10.6. The van der Waals surface area contributed by atoms with Crippen LogP contribution in [0.3, 0.4) is 0 Å². The van der Waals surface area contributed by atoms with E-state index in [-0.39, 0.29) is 0 Å². The molecule has 0 radical (unpaired) electrons. The summed E-state index contributed by atoms with van der Waals surface area (Å²) in [5.41, 5.74) is 2.19. The number of thioether (sulfide) groups is 1. The van der Waals surface area contributed by atoms with Crippen molar-refractivity contribution in [1.82, 2.24) is 9.97 Å². The fraction of sp³-hybridized carbons (Fsp3) is 0.417. The molecule has 2 aromatic rings. The van der Waals surface area contributed by atoms with Gasteiger partial charge in [-0.1, -0.05) is 44.2 Å². The number of rotatable bonds is 4. The lowest BCUT2D eigenvalue weighted by Crippen LogP contribution is -1.95. The highest BCUT2D eigenvalue weighted by Gasteiger charge is 2.04. The molecule has 0 saturated heterocycles. The van der Waals surface area contributed by atoms with Crippen LogP contribution in [0.25, 0.3) is 11.0 Å². The molecule has 80 valence electrons. The van der Waals surface area contributed by atoms with Crippen LogP contribution in [0.2, 0.25) is 0 Å². The Hall–Kier alpha value is -0.960. The monoisotopic (exact) mass is 220 g/mol. The van der Waals surface area contributed by atoms with Crippen molar-refractivity contribution < 1.29 is 0 Å². The Bertz CT molecular complexity index is 403. The number of nitrogens with one attached hydrogen (secondary N) is 1. The molecule has 0 saturated carbocycles. The molecule has 1 aromatic heterocycles. The largest absolute Gasteiger partial charge is 0.333 e. The highest BCUT2D eigenvalue weighted by Crippen LogP contribution is 2.21. The van der Waals surface area contributed by atoms with Crippen LogP contribution < -0.4 is 0 Å². The van der Waals surface area contributed by atoms with Crippen LogP contribution in [0.15, 0.2) is 29.4 Å². The SMILES string of the molecule is CC[C@@H](C)CSc1nc2ccccc2[nH]1. The smallest absolute Gasteiger partial charge is 0.166 e. The molecule has 0 spiro atoms. The summed E-state index contributed by atoms with van der Waals surface area (Å²) in [4.78, 5) is 7.85. The van der Waals surface area contributed by atoms with Crippen molar-refractivity contribution in [3.63, 3.8) is 0 Å². The lowest BCUT2D eigenvalue weighted by Gasteiger charge is -2.04. The first-order valence-corrected chi connectivity index (χ1v) is 6.35. The first-order chi connectivity index (χ1) is 7.29. The molecular formula is C12H16N2S. The van der Waals surface area contributed by atoms with E-state index in [9.17, 15) is 0 Å². The zero-order valence-electron chi connectivity index (χ0n) is 9.16. The van der Waals surface area contributed by atoms with Gasteiger partial charge in [0.1, 0.15) is 0 Å². The lowest BCUT2D eigenvalue weighted by molar-refractivity contribution is 0.636. The molecule has 0 bridgehead atoms. The van der Waals surface area contributed by atoms with E-state index < -0.39 is 0 Å². The summed E-state index contributed by atoms with van der Waals surface area (Å²) in [5.74, 6) is 1.89. The summed E-state index contributed by atoms with van der Waals surface area (Å²) in [5, 5.41) is 1.04. The molecule has 2 rings (SSSR count). The Morgan fingerprint density at radius 3 is 2.93 bits per heavy atom. The minimum atomic E-state index is 0.753. The van der Waals surface area contributed by atoms with Gasteiger partial charge in [0.05, 0.1) is 11.0 Å². The van der Waals surface area contributed by atoms with Crippen LogP contribution in [0.4, 0.5) is 0 Å². The Balaban J connectivity index is 2.09.